The average Bonchev–Trinajstić information content (AvgIpc) is 3.67. The van der Waals surface area contributed by atoms with Gasteiger partial charge in [0, 0.05) is 20.7 Å². The van der Waals surface area contributed by atoms with E-state index in [4.69, 9.17) is 17.3 Å². The highest BCUT2D eigenvalue weighted by Crippen LogP contribution is 2.36. The maximum Gasteiger partial charge on any atom is 0.257 e. The standard InChI is InChI=1S/C25H27B2N6O4S/c1-12(2)18(21-30-24(27-26)32-37-21)22(35)33-10-16(34)9-17(33)20-29-23(36)25(4,31-20)15-7-5-14(6-8-15)19-13(3)28-11-38-19/h5-8,11-12,16-18,34H,9-10H2,1-4H3,(H,29,31,36)/t16-,17?,18?,25+/m1/s1. The summed E-state index contributed by atoms with van der Waals surface area (Å²) in [6.07, 6.45) is -0.512. The zero-order valence-corrected chi connectivity index (χ0v) is 22.4. The number of aliphatic hydroxyl groups is 1. The molecular weight excluding hydrogens is 502 g/mol. The second-order valence-corrected chi connectivity index (χ2v) is 11.0. The van der Waals surface area contributed by atoms with Gasteiger partial charge in [0.1, 0.15) is 17.5 Å². The molecule has 1 saturated heterocycles. The number of hydrogen-bond acceptors (Lipinski definition) is 9. The van der Waals surface area contributed by atoms with Gasteiger partial charge in [0.15, 0.2) is 12.7 Å². The number of rotatable bonds is 7. The summed E-state index contributed by atoms with van der Waals surface area (Å²) in [6, 6.07) is 7.10. The predicted molar refractivity (Wildman–Crippen MR) is 144 cm³/mol. The van der Waals surface area contributed by atoms with Crippen LogP contribution in [0.25, 0.3) is 10.4 Å². The number of likely N-dealkylation sites (tertiary alicyclic amines) is 1. The van der Waals surface area contributed by atoms with E-state index in [1.165, 1.54) is 7.17 Å². The van der Waals surface area contributed by atoms with Crippen LogP contribution in [0.4, 0.5) is 0 Å². The lowest BCUT2D eigenvalue weighted by Crippen LogP contribution is -2.48. The van der Waals surface area contributed by atoms with Crippen LogP contribution in [0.3, 0.4) is 0 Å². The molecule has 1 aromatic carbocycles. The van der Waals surface area contributed by atoms with E-state index in [0.29, 0.717) is 5.84 Å². The number of amides is 2. The number of amidine groups is 1. The largest absolute Gasteiger partial charge is 0.391 e. The Balaban J connectivity index is 1.43. The van der Waals surface area contributed by atoms with Crippen LogP contribution in [0, 0.1) is 12.8 Å². The molecule has 0 aliphatic carbocycles. The van der Waals surface area contributed by atoms with Crippen molar-refractivity contribution < 1.29 is 19.2 Å². The molecule has 38 heavy (non-hydrogen) atoms. The highest BCUT2D eigenvalue weighted by atomic mass is 32.1. The van der Waals surface area contributed by atoms with Gasteiger partial charge in [-0.25, -0.2) is 15.0 Å². The van der Waals surface area contributed by atoms with Crippen LogP contribution in [-0.2, 0) is 15.1 Å². The Kier molecular flexibility index (Phi) is 6.99. The Bertz CT molecular complexity index is 1390. The molecule has 3 radical (unpaired) electrons. The minimum absolute atomic E-state index is 0.102. The van der Waals surface area contributed by atoms with Crippen molar-refractivity contribution in [3.63, 3.8) is 0 Å². The maximum absolute atomic E-state index is 13.8. The van der Waals surface area contributed by atoms with Crippen molar-refractivity contribution in [2.24, 2.45) is 10.9 Å². The summed E-state index contributed by atoms with van der Waals surface area (Å²) in [6.45, 7) is 7.57. The number of thiazole rings is 1. The minimum Gasteiger partial charge on any atom is -0.391 e. The van der Waals surface area contributed by atoms with Gasteiger partial charge in [0.2, 0.25) is 11.8 Å². The highest BCUT2D eigenvalue weighted by Gasteiger charge is 2.48. The van der Waals surface area contributed by atoms with E-state index in [0.717, 1.165) is 21.7 Å². The van der Waals surface area contributed by atoms with Crippen LogP contribution >= 0.6 is 11.3 Å². The number of nitrogens with one attached hydrogen (secondary N) is 1. The van der Waals surface area contributed by atoms with E-state index >= 15 is 0 Å². The molecule has 2 unspecified atom stereocenters. The Morgan fingerprint density at radius 3 is 2.68 bits per heavy atom. The molecule has 4 heterocycles. The summed E-state index contributed by atoms with van der Waals surface area (Å²) in [7, 11) is 6.69. The molecule has 2 aliphatic heterocycles. The molecule has 2 amide bonds. The van der Waals surface area contributed by atoms with Gasteiger partial charge in [-0.3, -0.25) is 9.59 Å². The fourth-order valence-corrected chi connectivity index (χ4v) is 5.86. The second kappa shape index (κ2) is 10.1. The van der Waals surface area contributed by atoms with Crippen molar-refractivity contribution in [2.75, 3.05) is 6.54 Å². The van der Waals surface area contributed by atoms with Gasteiger partial charge in [-0.05, 0) is 30.9 Å². The van der Waals surface area contributed by atoms with E-state index < -0.39 is 23.6 Å². The van der Waals surface area contributed by atoms with Gasteiger partial charge in [-0.1, -0.05) is 43.3 Å². The third-order valence-corrected chi connectivity index (χ3v) is 8.14. The Labute approximate surface area is 226 Å². The van der Waals surface area contributed by atoms with Crippen LogP contribution in [0.5, 0.6) is 0 Å². The third-order valence-electron chi connectivity index (χ3n) is 7.17. The van der Waals surface area contributed by atoms with Crippen molar-refractivity contribution >= 4 is 49.6 Å². The average molecular weight is 529 g/mol. The first-order chi connectivity index (χ1) is 18.1. The molecule has 13 heteroatoms. The number of β-amino-alcohol motifs (C(OH)–C–C–N with tert-alkyl or cyclic N) is 1. The first-order valence-corrected chi connectivity index (χ1v) is 13.3. The fourth-order valence-electron chi connectivity index (χ4n) is 5.05. The number of carbonyl (C=O) groups excluding carboxylic acids is 2. The number of carbonyl (C=O) groups is 2. The van der Waals surface area contributed by atoms with Crippen molar-refractivity contribution in [1.82, 2.24) is 25.3 Å². The number of aliphatic imine (C=N–C) groups is 1. The molecule has 193 valence electrons. The molecule has 0 spiro atoms. The Morgan fingerprint density at radius 2 is 2.08 bits per heavy atom. The number of aryl methyl sites for hydroxylation is 1. The predicted octanol–water partition coefficient (Wildman–Crippen LogP) is 1.06. The van der Waals surface area contributed by atoms with Gasteiger partial charge in [0.05, 0.1) is 28.2 Å². The smallest absolute Gasteiger partial charge is 0.257 e. The van der Waals surface area contributed by atoms with Crippen molar-refractivity contribution in [3.8, 4) is 10.4 Å². The normalized spacial score (nSPS) is 24.0. The summed E-state index contributed by atoms with van der Waals surface area (Å²) in [4.78, 5) is 42.9. The number of aliphatic hydroxyl groups excluding tert-OH is 1. The molecule has 4 atom stereocenters. The number of hydrogen-bond donors (Lipinski definition) is 2. The quantitative estimate of drug-likeness (QED) is 0.438. The molecule has 2 N–H and O–H groups in total. The lowest BCUT2D eigenvalue weighted by molar-refractivity contribution is -0.134. The molecule has 2 aromatic heterocycles. The first-order valence-electron chi connectivity index (χ1n) is 12.4. The summed E-state index contributed by atoms with van der Waals surface area (Å²) in [5.74, 6) is -0.977. The van der Waals surface area contributed by atoms with Crippen LogP contribution in [0.15, 0.2) is 39.3 Å². The van der Waals surface area contributed by atoms with E-state index in [-0.39, 0.29) is 42.3 Å². The van der Waals surface area contributed by atoms with E-state index in [1.54, 1.807) is 23.2 Å². The number of nitrogens with zero attached hydrogens (tertiary/aromatic N) is 5. The summed E-state index contributed by atoms with van der Waals surface area (Å²) in [5, 5.41) is 17.2. The van der Waals surface area contributed by atoms with Crippen molar-refractivity contribution in [3.05, 3.63) is 46.9 Å². The summed E-state index contributed by atoms with van der Waals surface area (Å²) >= 11 is 1.56. The van der Waals surface area contributed by atoms with Crippen LogP contribution in [0.2, 0.25) is 0 Å². The summed E-state index contributed by atoms with van der Waals surface area (Å²) < 4.78 is 5.31. The highest BCUT2D eigenvalue weighted by molar-refractivity contribution is 7.13. The van der Waals surface area contributed by atoms with Crippen molar-refractivity contribution in [2.45, 2.75) is 57.7 Å². The molecule has 3 aromatic rings. The molecule has 0 bridgehead atoms. The zero-order chi connectivity index (χ0) is 27.2. The molecule has 10 nitrogen and oxygen atoms in total. The third kappa shape index (κ3) is 4.58. The van der Waals surface area contributed by atoms with E-state index in [2.05, 4.69) is 20.4 Å². The molecule has 0 saturated carbocycles. The van der Waals surface area contributed by atoms with E-state index in [9.17, 15) is 14.7 Å². The number of aromatic nitrogens is 3. The maximum atomic E-state index is 13.8. The summed E-state index contributed by atoms with van der Waals surface area (Å²) in [5.41, 5.74) is 3.53. The zero-order valence-electron chi connectivity index (χ0n) is 21.6. The van der Waals surface area contributed by atoms with Crippen LogP contribution in [0.1, 0.15) is 50.3 Å². The SMILES string of the molecule is [B][B]c1noc(C(C(=O)N2C[C@H](O)CC2C2=N[C@@](C)(c3ccc(-c4scnc4C)cc3)C(=O)N2)C(C)C)n1. The van der Waals surface area contributed by atoms with E-state index in [1.807, 2.05) is 50.5 Å². The molecule has 5 rings (SSSR count). The van der Waals surface area contributed by atoms with Gasteiger partial charge in [0.25, 0.3) is 5.91 Å². The van der Waals surface area contributed by atoms with Crippen LogP contribution in [-0.4, -0.2) is 76.4 Å². The first kappa shape index (κ1) is 26.3. The van der Waals surface area contributed by atoms with Gasteiger partial charge >= 0.3 is 0 Å². The molecule has 2 aliphatic rings. The number of benzene rings is 1. The van der Waals surface area contributed by atoms with Gasteiger partial charge in [-0.15, -0.1) is 11.3 Å². The molecular formula is C25H27B2N6O4S. The van der Waals surface area contributed by atoms with Gasteiger partial charge in [-0.2, -0.15) is 0 Å². The fraction of sp³-hybridized carbons (Fsp3) is 0.440. The minimum atomic E-state index is -1.17. The molecule has 1 fully saturated rings. The van der Waals surface area contributed by atoms with Crippen molar-refractivity contribution in [1.29, 1.82) is 0 Å². The topological polar surface area (TPSA) is 134 Å². The lowest BCUT2D eigenvalue weighted by atomic mass is 9.55. The second-order valence-electron chi connectivity index (χ2n) is 10.1. The lowest BCUT2D eigenvalue weighted by Gasteiger charge is -2.28. The van der Waals surface area contributed by atoms with Gasteiger partial charge < -0.3 is 19.8 Å². The van der Waals surface area contributed by atoms with Crippen LogP contribution < -0.4 is 11.0 Å². The monoisotopic (exact) mass is 529 g/mol. The Hall–Kier alpha value is -3.31. The Morgan fingerprint density at radius 1 is 1.34 bits per heavy atom.